The van der Waals surface area contributed by atoms with Gasteiger partial charge in [-0.05, 0) is 32.7 Å². The van der Waals surface area contributed by atoms with Crippen molar-refractivity contribution in [1.29, 1.82) is 0 Å². The fraction of sp³-hybridized carbons (Fsp3) is 0.786. The van der Waals surface area contributed by atoms with Crippen LogP contribution in [-0.2, 0) is 9.59 Å². The minimum Gasteiger partial charge on any atom is -0.351 e. The first kappa shape index (κ1) is 15.0. The number of likely N-dealkylation sites (tertiary alicyclic amines) is 1. The first-order chi connectivity index (χ1) is 9.66. The van der Waals surface area contributed by atoms with E-state index < -0.39 is 0 Å². The molecule has 6 nitrogen and oxygen atoms in total. The van der Waals surface area contributed by atoms with Crippen molar-refractivity contribution in [2.45, 2.75) is 51.5 Å². The second kappa shape index (κ2) is 7.38. The molecule has 0 spiro atoms. The van der Waals surface area contributed by atoms with Gasteiger partial charge < -0.3 is 10.2 Å². The summed E-state index contributed by atoms with van der Waals surface area (Å²) in [6.45, 7) is 5.14. The number of hydrogen-bond donors (Lipinski definition) is 2. The highest BCUT2D eigenvalue weighted by atomic mass is 16.2. The molecule has 0 bridgehead atoms. The lowest BCUT2D eigenvalue weighted by Crippen LogP contribution is -2.40. The predicted molar refractivity (Wildman–Crippen MR) is 77.3 cm³/mol. The fourth-order valence-electron chi connectivity index (χ4n) is 2.71. The summed E-state index contributed by atoms with van der Waals surface area (Å²) in [7, 11) is 0. The Kier molecular flexibility index (Phi) is 5.52. The van der Waals surface area contributed by atoms with Gasteiger partial charge in [-0.3, -0.25) is 9.59 Å². The first-order valence-corrected chi connectivity index (χ1v) is 7.54. The molecule has 2 rings (SSSR count). The SMILES string of the molecule is CC1CCCCN1CCCNC(=O)C1=NNC(=O)CC1. The molecule has 1 saturated heterocycles. The summed E-state index contributed by atoms with van der Waals surface area (Å²) in [4.78, 5) is 25.2. The molecular formula is C14H24N4O2. The summed E-state index contributed by atoms with van der Waals surface area (Å²) >= 11 is 0. The normalized spacial score (nSPS) is 23.9. The highest BCUT2D eigenvalue weighted by Gasteiger charge is 2.19. The van der Waals surface area contributed by atoms with Gasteiger partial charge in [0.15, 0.2) is 0 Å². The second-order valence-electron chi connectivity index (χ2n) is 5.58. The summed E-state index contributed by atoms with van der Waals surface area (Å²) in [6.07, 6.45) is 5.63. The summed E-state index contributed by atoms with van der Waals surface area (Å²) in [5.74, 6) is -0.280. The van der Waals surface area contributed by atoms with E-state index in [1.165, 1.54) is 25.8 Å². The minimum atomic E-state index is -0.156. The average Bonchev–Trinajstić information content (AvgIpc) is 2.46. The van der Waals surface area contributed by atoms with Gasteiger partial charge in [0.05, 0.1) is 0 Å². The third-order valence-electron chi connectivity index (χ3n) is 4.01. The van der Waals surface area contributed by atoms with Crippen LogP contribution in [0.4, 0.5) is 0 Å². The van der Waals surface area contributed by atoms with E-state index in [1.54, 1.807) is 0 Å². The molecule has 0 aromatic heterocycles. The number of hydrogen-bond acceptors (Lipinski definition) is 4. The van der Waals surface area contributed by atoms with Crippen LogP contribution in [-0.4, -0.2) is 48.1 Å². The molecule has 2 heterocycles. The molecule has 0 aromatic rings. The zero-order valence-electron chi connectivity index (χ0n) is 12.2. The van der Waals surface area contributed by atoms with Crippen LogP contribution in [0, 0.1) is 0 Å². The van der Waals surface area contributed by atoms with Crippen LogP contribution in [0.25, 0.3) is 0 Å². The molecule has 2 aliphatic rings. The number of amides is 2. The summed E-state index contributed by atoms with van der Waals surface area (Å²) in [5, 5.41) is 6.66. The topological polar surface area (TPSA) is 73.8 Å². The lowest BCUT2D eigenvalue weighted by atomic mass is 10.0. The van der Waals surface area contributed by atoms with E-state index in [1.807, 2.05) is 0 Å². The van der Waals surface area contributed by atoms with Crippen LogP contribution in [0.3, 0.4) is 0 Å². The second-order valence-corrected chi connectivity index (χ2v) is 5.58. The Morgan fingerprint density at radius 1 is 1.45 bits per heavy atom. The molecule has 0 aromatic carbocycles. The van der Waals surface area contributed by atoms with Crippen molar-refractivity contribution in [2.75, 3.05) is 19.6 Å². The number of carbonyl (C=O) groups excluding carboxylic acids is 2. The molecular weight excluding hydrogens is 256 g/mol. The van der Waals surface area contributed by atoms with E-state index in [2.05, 4.69) is 27.7 Å². The van der Waals surface area contributed by atoms with E-state index in [9.17, 15) is 9.59 Å². The van der Waals surface area contributed by atoms with Crippen molar-refractivity contribution >= 4 is 17.5 Å². The monoisotopic (exact) mass is 280 g/mol. The van der Waals surface area contributed by atoms with Gasteiger partial charge in [0.1, 0.15) is 5.71 Å². The maximum Gasteiger partial charge on any atom is 0.267 e. The van der Waals surface area contributed by atoms with Crippen molar-refractivity contribution in [2.24, 2.45) is 5.10 Å². The average molecular weight is 280 g/mol. The molecule has 2 amide bonds. The molecule has 112 valence electrons. The van der Waals surface area contributed by atoms with Gasteiger partial charge >= 0.3 is 0 Å². The maximum absolute atomic E-state index is 11.8. The van der Waals surface area contributed by atoms with Gasteiger partial charge in [0.25, 0.3) is 5.91 Å². The number of rotatable bonds is 5. The highest BCUT2D eigenvalue weighted by Crippen LogP contribution is 2.16. The molecule has 1 fully saturated rings. The fourth-order valence-corrected chi connectivity index (χ4v) is 2.71. The molecule has 0 radical (unpaired) electrons. The zero-order chi connectivity index (χ0) is 14.4. The van der Waals surface area contributed by atoms with Crippen LogP contribution in [0.5, 0.6) is 0 Å². The standard InChI is InChI=1S/C14H24N4O2/c1-11-5-2-3-9-18(11)10-4-8-15-14(20)12-6-7-13(19)17-16-12/h11H,2-10H2,1H3,(H,15,20)(H,17,19). The van der Waals surface area contributed by atoms with Gasteiger partial charge in [-0.15, -0.1) is 0 Å². The quantitative estimate of drug-likeness (QED) is 0.726. The highest BCUT2D eigenvalue weighted by molar-refractivity contribution is 6.39. The van der Waals surface area contributed by atoms with Crippen molar-refractivity contribution in [3.8, 4) is 0 Å². The molecule has 0 saturated carbocycles. The molecule has 2 aliphatic heterocycles. The van der Waals surface area contributed by atoms with Gasteiger partial charge in [0, 0.05) is 32.0 Å². The Bertz CT molecular complexity index is 395. The Labute approximate surface area is 120 Å². The van der Waals surface area contributed by atoms with Crippen LogP contribution in [0.15, 0.2) is 5.10 Å². The maximum atomic E-state index is 11.8. The van der Waals surface area contributed by atoms with Crippen molar-refractivity contribution in [3.63, 3.8) is 0 Å². The lowest BCUT2D eigenvalue weighted by Gasteiger charge is -2.33. The van der Waals surface area contributed by atoms with Gasteiger partial charge in [-0.25, -0.2) is 5.43 Å². The summed E-state index contributed by atoms with van der Waals surface area (Å²) in [6, 6.07) is 0.664. The van der Waals surface area contributed by atoms with Crippen LogP contribution in [0.1, 0.15) is 45.4 Å². The van der Waals surface area contributed by atoms with Gasteiger partial charge in [0.2, 0.25) is 5.91 Å². The number of carbonyl (C=O) groups is 2. The zero-order valence-corrected chi connectivity index (χ0v) is 12.2. The third kappa shape index (κ3) is 4.30. The van der Waals surface area contributed by atoms with Crippen LogP contribution in [0.2, 0.25) is 0 Å². The number of piperidine rings is 1. The van der Waals surface area contributed by atoms with E-state index >= 15 is 0 Å². The number of nitrogens with one attached hydrogen (secondary N) is 2. The van der Waals surface area contributed by atoms with E-state index in [-0.39, 0.29) is 11.8 Å². The number of hydrazone groups is 1. The molecule has 20 heavy (non-hydrogen) atoms. The Balaban J connectivity index is 1.63. The molecule has 6 heteroatoms. The minimum absolute atomic E-state index is 0.124. The van der Waals surface area contributed by atoms with E-state index in [0.29, 0.717) is 31.1 Å². The Hall–Kier alpha value is -1.43. The van der Waals surface area contributed by atoms with Gasteiger partial charge in [-0.2, -0.15) is 5.10 Å². The predicted octanol–water partition coefficient (Wildman–Crippen LogP) is 0.633. The largest absolute Gasteiger partial charge is 0.351 e. The summed E-state index contributed by atoms with van der Waals surface area (Å²) in [5.41, 5.74) is 2.77. The Morgan fingerprint density at radius 2 is 2.30 bits per heavy atom. The van der Waals surface area contributed by atoms with Crippen molar-refractivity contribution in [3.05, 3.63) is 0 Å². The van der Waals surface area contributed by atoms with Crippen LogP contribution >= 0.6 is 0 Å². The molecule has 1 unspecified atom stereocenters. The van der Waals surface area contributed by atoms with E-state index in [0.717, 1.165) is 13.0 Å². The molecule has 0 aliphatic carbocycles. The third-order valence-corrected chi connectivity index (χ3v) is 4.01. The van der Waals surface area contributed by atoms with E-state index in [4.69, 9.17) is 0 Å². The molecule has 1 atom stereocenters. The van der Waals surface area contributed by atoms with Crippen molar-refractivity contribution < 1.29 is 9.59 Å². The molecule has 2 N–H and O–H groups in total. The van der Waals surface area contributed by atoms with Crippen molar-refractivity contribution in [1.82, 2.24) is 15.6 Å². The summed E-state index contributed by atoms with van der Waals surface area (Å²) < 4.78 is 0. The first-order valence-electron chi connectivity index (χ1n) is 7.54. The lowest BCUT2D eigenvalue weighted by molar-refractivity contribution is -0.121. The Morgan fingerprint density at radius 3 is 3.00 bits per heavy atom. The van der Waals surface area contributed by atoms with Crippen LogP contribution < -0.4 is 10.7 Å². The van der Waals surface area contributed by atoms with Gasteiger partial charge in [-0.1, -0.05) is 6.42 Å². The smallest absolute Gasteiger partial charge is 0.267 e. The number of nitrogens with zero attached hydrogens (tertiary/aromatic N) is 2.